The Kier molecular flexibility index (Phi) is 19.9. The van der Waals surface area contributed by atoms with Gasteiger partial charge in [-0.05, 0) is 25.0 Å². The SMILES string of the molecule is CCCCCCCCCCC(=O)OCCCCCCCC.O=C(O)c1ccccc1C(=O)O. The summed E-state index contributed by atoms with van der Waals surface area (Å²) in [4.78, 5) is 32.5. The highest BCUT2D eigenvalue weighted by atomic mass is 16.5. The zero-order chi connectivity index (χ0) is 24.7. The molecule has 6 heteroatoms. The largest absolute Gasteiger partial charge is 0.478 e. The van der Waals surface area contributed by atoms with Crippen molar-refractivity contribution in [3.63, 3.8) is 0 Å². The topological polar surface area (TPSA) is 101 Å². The first-order chi connectivity index (χ1) is 15.9. The van der Waals surface area contributed by atoms with Crippen molar-refractivity contribution in [2.75, 3.05) is 6.61 Å². The Hall–Kier alpha value is -2.37. The molecule has 0 atom stereocenters. The van der Waals surface area contributed by atoms with Gasteiger partial charge < -0.3 is 14.9 Å². The average molecular weight is 465 g/mol. The summed E-state index contributed by atoms with van der Waals surface area (Å²) >= 11 is 0. The molecule has 2 N–H and O–H groups in total. The Balaban J connectivity index is 0.000000716. The Morgan fingerprint density at radius 1 is 0.636 bits per heavy atom. The number of aromatic carboxylic acids is 2. The van der Waals surface area contributed by atoms with E-state index in [4.69, 9.17) is 14.9 Å². The van der Waals surface area contributed by atoms with Crippen molar-refractivity contribution in [1.29, 1.82) is 0 Å². The molecule has 1 aromatic rings. The molecular formula is C27H44O6. The molecule has 188 valence electrons. The van der Waals surface area contributed by atoms with E-state index in [9.17, 15) is 14.4 Å². The number of carbonyl (C=O) groups excluding carboxylic acids is 1. The molecule has 0 fully saturated rings. The van der Waals surface area contributed by atoms with Gasteiger partial charge in [0.2, 0.25) is 0 Å². The lowest BCUT2D eigenvalue weighted by Crippen LogP contribution is -2.06. The second-order valence-electron chi connectivity index (χ2n) is 8.37. The lowest BCUT2D eigenvalue weighted by molar-refractivity contribution is -0.143. The van der Waals surface area contributed by atoms with Crippen LogP contribution < -0.4 is 0 Å². The molecule has 0 unspecified atom stereocenters. The number of benzene rings is 1. The first-order valence-corrected chi connectivity index (χ1v) is 12.6. The highest BCUT2D eigenvalue weighted by Crippen LogP contribution is 2.11. The van der Waals surface area contributed by atoms with Crippen LogP contribution in [0.4, 0.5) is 0 Å². The van der Waals surface area contributed by atoms with Gasteiger partial charge in [0.25, 0.3) is 0 Å². The number of hydrogen-bond donors (Lipinski definition) is 2. The van der Waals surface area contributed by atoms with Crippen molar-refractivity contribution >= 4 is 17.9 Å². The summed E-state index contributed by atoms with van der Waals surface area (Å²) in [7, 11) is 0. The summed E-state index contributed by atoms with van der Waals surface area (Å²) in [6.07, 6.45) is 18.3. The van der Waals surface area contributed by atoms with Crippen molar-refractivity contribution in [3.8, 4) is 0 Å². The van der Waals surface area contributed by atoms with Gasteiger partial charge in [0, 0.05) is 6.42 Å². The summed E-state index contributed by atoms with van der Waals surface area (Å²) in [5.74, 6) is -2.45. The van der Waals surface area contributed by atoms with E-state index in [1.54, 1.807) is 0 Å². The van der Waals surface area contributed by atoms with Crippen LogP contribution in [0.1, 0.15) is 131 Å². The first kappa shape index (κ1) is 30.6. The average Bonchev–Trinajstić information content (AvgIpc) is 2.80. The molecule has 0 bridgehead atoms. The van der Waals surface area contributed by atoms with Crippen LogP contribution in [-0.2, 0) is 9.53 Å². The minimum Gasteiger partial charge on any atom is -0.478 e. The Morgan fingerprint density at radius 2 is 1.03 bits per heavy atom. The van der Waals surface area contributed by atoms with Crippen LogP contribution in [0.25, 0.3) is 0 Å². The van der Waals surface area contributed by atoms with E-state index >= 15 is 0 Å². The van der Waals surface area contributed by atoms with E-state index in [2.05, 4.69) is 13.8 Å². The monoisotopic (exact) mass is 464 g/mol. The van der Waals surface area contributed by atoms with Gasteiger partial charge in [-0.2, -0.15) is 0 Å². The number of carbonyl (C=O) groups is 3. The molecule has 6 nitrogen and oxygen atoms in total. The fourth-order valence-corrected chi connectivity index (χ4v) is 3.40. The van der Waals surface area contributed by atoms with E-state index < -0.39 is 11.9 Å². The molecule has 0 heterocycles. The summed E-state index contributed by atoms with van der Waals surface area (Å²) in [6.45, 7) is 5.10. The van der Waals surface area contributed by atoms with E-state index in [0.717, 1.165) is 12.8 Å². The zero-order valence-corrected chi connectivity index (χ0v) is 20.7. The zero-order valence-electron chi connectivity index (χ0n) is 20.7. The number of carboxylic acid groups (broad SMARTS) is 2. The highest BCUT2D eigenvalue weighted by molar-refractivity contribution is 6.01. The van der Waals surface area contributed by atoms with Gasteiger partial charge in [-0.15, -0.1) is 0 Å². The summed E-state index contributed by atoms with van der Waals surface area (Å²) in [5.41, 5.74) is -0.380. The predicted molar refractivity (Wildman–Crippen MR) is 132 cm³/mol. The minimum absolute atomic E-state index is 0.00883. The van der Waals surface area contributed by atoms with Crippen molar-refractivity contribution in [2.24, 2.45) is 0 Å². The molecule has 33 heavy (non-hydrogen) atoms. The first-order valence-electron chi connectivity index (χ1n) is 12.6. The summed E-state index contributed by atoms with van der Waals surface area (Å²) < 4.78 is 5.27. The van der Waals surface area contributed by atoms with Crippen LogP contribution in [0.5, 0.6) is 0 Å². The van der Waals surface area contributed by atoms with Gasteiger partial charge >= 0.3 is 17.9 Å². The summed E-state index contributed by atoms with van der Waals surface area (Å²) in [6, 6.07) is 5.48. The second kappa shape index (κ2) is 21.5. The molecule has 1 aromatic carbocycles. The molecule has 0 amide bonds. The molecule has 1 rings (SSSR count). The number of rotatable bonds is 18. The van der Waals surface area contributed by atoms with E-state index in [-0.39, 0.29) is 17.1 Å². The van der Waals surface area contributed by atoms with Gasteiger partial charge in [-0.25, -0.2) is 9.59 Å². The number of carboxylic acids is 2. The van der Waals surface area contributed by atoms with E-state index in [1.165, 1.54) is 101 Å². The number of unbranched alkanes of at least 4 members (excludes halogenated alkanes) is 12. The fraction of sp³-hybridized carbons (Fsp3) is 0.667. The molecule has 0 spiro atoms. The molecule has 0 saturated carbocycles. The third-order valence-electron chi connectivity index (χ3n) is 5.38. The van der Waals surface area contributed by atoms with Gasteiger partial charge in [0.05, 0.1) is 17.7 Å². The maximum absolute atomic E-state index is 11.5. The highest BCUT2D eigenvalue weighted by Gasteiger charge is 2.13. The Labute approximate surface area is 199 Å². The molecule has 0 saturated heterocycles. The van der Waals surface area contributed by atoms with E-state index in [1.807, 2.05) is 0 Å². The Bertz CT molecular complexity index is 623. The maximum atomic E-state index is 11.5. The fourth-order valence-electron chi connectivity index (χ4n) is 3.40. The quantitative estimate of drug-likeness (QED) is 0.172. The molecule has 0 aliphatic carbocycles. The lowest BCUT2D eigenvalue weighted by atomic mass is 10.1. The molecule has 0 radical (unpaired) electrons. The van der Waals surface area contributed by atoms with Crippen molar-refractivity contribution in [1.82, 2.24) is 0 Å². The van der Waals surface area contributed by atoms with Gasteiger partial charge in [0.1, 0.15) is 0 Å². The summed E-state index contributed by atoms with van der Waals surface area (Å²) in [5, 5.41) is 17.1. The molecule has 0 aliphatic heterocycles. The molecule has 0 aliphatic rings. The van der Waals surface area contributed by atoms with Crippen molar-refractivity contribution < 1.29 is 29.3 Å². The standard InChI is InChI=1S/C19H38O2.C8H6O4/c1-3-5-7-9-11-12-13-15-17-19(20)21-18-16-14-10-8-6-4-2;9-7(10)5-3-1-2-4-6(5)8(11)12/h3-18H2,1-2H3;1-4H,(H,9,10)(H,11,12). The number of esters is 1. The Morgan fingerprint density at radius 3 is 1.45 bits per heavy atom. The minimum atomic E-state index is -1.23. The van der Waals surface area contributed by atoms with Crippen LogP contribution in [0.15, 0.2) is 24.3 Å². The number of hydrogen-bond acceptors (Lipinski definition) is 4. The van der Waals surface area contributed by atoms with Gasteiger partial charge in [-0.1, -0.05) is 103 Å². The third kappa shape index (κ3) is 17.8. The van der Waals surface area contributed by atoms with Crippen molar-refractivity contribution in [2.45, 2.75) is 110 Å². The predicted octanol–water partition coefficient (Wildman–Crippen LogP) is 7.50. The maximum Gasteiger partial charge on any atom is 0.336 e. The molecule has 0 aromatic heterocycles. The smallest absolute Gasteiger partial charge is 0.336 e. The van der Waals surface area contributed by atoms with Crippen LogP contribution in [-0.4, -0.2) is 34.7 Å². The normalized spacial score (nSPS) is 10.2. The third-order valence-corrected chi connectivity index (χ3v) is 5.38. The van der Waals surface area contributed by atoms with Crippen LogP contribution >= 0.6 is 0 Å². The second-order valence-corrected chi connectivity index (χ2v) is 8.37. The van der Waals surface area contributed by atoms with Crippen molar-refractivity contribution in [3.05, 3.63) is 35.4 Å². The van der Waals surface area contributed by atoms with E-state index in [0.29, 0.717) is 13.0 Å². The van der Waals surface area contributed by atoms with Gasteiger partial charge in [0.15, 0.2) is 0 Å². The van der Waals surface area contributed by atoms with Gasteiger partial charge in [-0.3, -0.25) is 4.79 Å². The number of ether oxygens (including phenoxy) is 1. The van der Waals surface area contributed by atoms with Crippen LogP contribution in [0, 0.1) is 0 Å². The van der Waals surface area contributed by atoms with Crippen LogP contribution in [0.3, 0.4) is 0 Å². The van der Waals surface area contributed by atoms with Crippen LogP contribution in [0.2, 0.25) is 0 Å². The molecular weight excluding hydrogens is 420 g/mol. The lowest BCUT2D eigenvalue weighted by Gasteiger charge is -2.05.